The Morgan fingerprint density at radius 3 is 1.48 bits per heavy atom. The molecule has 0 aromatic carbocycles. The van der Waals surface area contributed by atoms with E-state index in [1.807, 2.05) is 21.1 Å². The largest absolute Gasteiger partial charge is 0.373 e. The minimum Gasteiger partial charge on any atom is -0.373 e. The molecule has 0 aromatic heterocycles. The van der Waals surface area contributed by atoms with Crippen molar-refractivity contribution in [1.82, 2.24) is 0 Å². The molecule has 0 spiro atoms. The minimum absolute atomic E-state index is 0.0546. The molecular weight excluding hydrogens is 433 g/mol. The van der Waals surface area contributed by atoms with Crippen molar-refractivity contribution >= 4 is 7.60 Å². The summed E-state index contributed by atoms with van der Waals surface area (Å²) in [5.41, 5.74) is 0. The van der Waals surface area contributed by atoms with Crippen LogP contribution >= 0.6 is 7.60 Å². The average molecular weight is 489 g/mol. The van der Waals surface area contributed by atoms with Crippen LogP contribution in [-0.2, 0) is 4.57 Å². The Kier molecular flexibility index (Phi) is 18.6. The van der Waals surface area contributed by atoms with Crippen LogP contribution in [0, 0.1) is 0 Å². The fourth-order valence-electron chi connectivity index (χ4n) is 4.14. The van der Waals surface area contributed by atoms with Crippen LogP contribution in [-0.4, -0.2) is 52.4 Å². The van der Waals surface area contributed by atoms with Gasteiger partial charge in [-0.05, 0) is 57.8 Å². The van der Waals surface area contributed by atoms with Crippen LogP contribution in [0.3, 0.4) is 0 Å². The van der Waals surface area contributed by atoms with Gasteiger partial charge in [0.2, 0.25) is 5.34 Å². The summed E-state index contributed by atoms with van der Waals surface area (Å²) in [6, 6.07) is 0. The van der Waals surface area contributed by atoms with Crippen molar-refractivity contribution in [3.05, 3.63) is 24.3 Å². The first-order valence-electron chi connectivity index (χ1n) is 13.4. The lowest BCUT2D eigenvalue weighted by Crippen LogP contribution is -2.49. The highest BCUT2D eigenvalue weighted by atomic mass is 31.2. The quantitative estimate of drug-likeness (QED) is 0.0645. The molecule has 3 N–H and O–H groups in total. The van der Waals surface area contributed by atoms with Crippen molar-refractivity contribution in [2.24, 2.45) is 0 Å². The predicted octanol–water partition coefficient (Wildman–Crippen LogP) is 7.32. The average Bonchev–Trinajstić information content (AvgIpc) is 2.70. The summed E-state index contributed by atoms with van der Waals surface area (Å²) < 4.78 is 12.1. The van der Waals surface area contributed by atoms with Crippen molar-refractivity contribution < 1.29 is 23.9 Å². The standard InChI is InChI=1S/C27H54NO4P/c1-5-6-7-8-9-10-11-12-13-14-15-16-17-18-19-20-21-22-23-24-25-27(29,33(30,31)32)26-28(2,3)4/h11-12,16-17,29H,5-10,13-15,18-26H2,1-4H3,(H-,30,31,32)/p+1/b12-11-,17-16-. The summed E-state index contributed by atoms with van der Waals surface area (Å²) in [6.45, 7) is 2.31. The molecule has 0 aliphatic carbocycles. The van der Waals surface area contributed by atoms with Gasteiger partial charge in [0.25, 0.3) is 0 Å². The molecule has 5 nitrogen and oxygen atoms in total. The summed E-state index contributed by atoms with van der Waals surface area (Å²) in [5, 5.41) is 8.63. The Morgan fingerprint density at radius 1 is 0.667 bits per heavy atom. The topological polar surface area (TPSA) is 77.8 Å². The smallest absolute Gasteiger partial charge is 0.362 e. The van der Waals surface area contributed by atoms with Crippen molar-refractivity contribution in [2.45, 2.75) is 121 Å². The van der Waals surface area contributed by atoms with Gasteiger partial charge in [0, 0.05) is 0 Å². The van der Waals surface area contributed by atoms with Gasteiger partial charge in [-0.25, -0.2) is 0 Å². The van der Waals surface area contributed by atoms with Crippen LogP contribution in [0.2, 0.25) is 0 Å². The van der Waals surface area contributed by atoms with E-state index in [4.69, 9.17) is 0 Å². The van der Waals surface area contributed by atoms with E-state index in [-0.39, 0.29) is 13.0 Å². The molecule has 0 fully saturated rings. The van der Waals surface area contributed by atoms with E-state index in [1.54, 1.807) is 0 Å². The maximum atomic E-state index is 11.8. The van der Waals surface area contributed by atoms with Crippen LogP contribution in [0.5, 0.6) is 0 Å². The fourth-order valence-corrected chi connectivity index (χ4v) is 5.20. The molecule has 0 aliphatic rings. The van der Waals surface area contributed by atoms with Gasteiger partial charge in [0.15, 0.2) is 0 Å². The van der Waals surface area contributed by atoms with Gasteiger partial charge < -0.3 is 19.4 Å². The van der Waals surface area contributed by atoms with Gasteiger partial charge in [0.05, 0.1) is 21.1 Å². The first kappa shape index (κ1) is 32.5. The van der Waals surface area contributed by atoms with Crippen molar-refractivity contribution in [3.63, 3.8) is 0 Å². The molecule has 196 valence electrons. The third-order valence-corrected chi connectivity index (χ3v) is 7.47. The van der Waals surface area contributed by atoms with E-state index < -0.39 is 12.9 Å². The fraction of sp³-hybridized carbons (Fsp3) is 0.852. The molecule has 0 saturated heterocycles. The maximum absolute atomic E-state index is 11.8. The van der Waals surface area contributed by atoms with Crippen LogP contribution in [0.4, 0.5) is 0 Å². The molecular formula is C27H55NO4P+. The molecule has 0 heterocycles. The minimum atomic E-state index is -4.55. The number of nitrogens with zero attached hydrogens (tertiary/aromatic N) is 1. The van der Waals surface area contributed by atoms with E-state index in [9.17, 15) is 19.5 Å². The summed E-state index contributed by atoms with van der Waals surface area (Å²) in [5.74, 6) is 0. The van der Waals surface area contributed by atoms with Crippen LogP contribution < -0.4 is 0 Å². The second-order valence-electron chi connectivity index (χ2n) is 10.7. The van der Waals surface area contributed by atoms with Gasteiger partial charge in [-0.15, -0.1) is 0 Å². The molecule has 1 unspecified atom stereocenters. The lowest BCUT2D eigenvalue weighted by atomic mass is 10.1. The molecule has 0 amide bonds. The predicted molar refractivity (Wildman–Crippen MR) is 142 cm³/mol. The van der Waals surface area contributed by atoms with E-state index in [2.05, 4.69) is 31.2 Å². The van der Waals surface area contributed by atoms with Gasteiger partial charge >= 0.3 is 7.60 Å². The lowest BCUT2D eigenvalue weighted by molar-refractivity contribution is -0.875. The Labute approximate surface area is 205 Å². The number of hydrogen-bond acceptors (Lipinski definition) is 2. The highest BCUT2D eigenvalue weighted by Crippen LogP contribution is 2.52. The second-order valence-corrected chi connectivity index (χ2v) is 12.6. The number of rotatable bonds is 22. The Balaban J connectivity index is 3.65. The molecule has 0 bridgehead atoms. The van der Waals surface area contributed by atoms with Crippen molar-refractivity contribution in [1.29, 1.82) is 0 Å². The Hall–Kier alpha value is -0.450. The van der Waals surface area contributed by atoms with Crippen molar-refractivity contribution in [3.8, 4) is 0 Å². The zero-order valence-electron chi connectivity index (χ0n) is 22.2. The number of hydrogen-bond donors (Lipinski definition) is 3. The first-order chi connectivity index (χ1) is 15.5. The molecule has 0 radical (unpaired) electrons. The number of quaternary nitrogens is 1. The van der Waals surface area contributed by atoms with Crippen LogP contribution in [0.15, 0.2) is 24.3 Å². The first-order valence-corrected chi connectivity index (χ1v) is 15.0. The molecule has 0 rings (SSSR count). The lowest BCUT2D eigenvalue weighted by Gasteiger charge is -2.35. The Morgan fingerprint density at radius 2 is 1.06 bits per heavy atom. The highest BCUT2D eigenvalue weighted by Gasteiger charge is 2.48. The van der Waals surface area contributed by atoms with E-state index in [0.717, 1.165) is 32.1 Å². The van der Waals surface area contributed by atoms with E-state index in [1.165, 1.54) is 64.2 Å². The normalized spacial score (nSPS) is 15.0. The molecule has 0 aliphatic heterocycles. The van der Waals surface area contributed by atoms with Crippen LogP contribution in [0.25, 0.3) is 0 Å². The van der Waals surface area contributed by atoms with Gasteiger partial charge in [-0.1, -0.05) is 82.6 Å². The maximum Gasteiger partial charge on any atom is 0.362 e. The molecule has 0 aromatic rings. The molecule has 1 atom stereocenters. The van der Waals surface area contributed by atoms with Gasteiger partial charge in [0.1, 0.15) is 6.54 Å². The zero-order valence-corrected chi connectivity index (χ0v) is 23.1. The summed E-state index contributed by atoms with van der Waals surface area (Å²) in [6.07, 6.45) is 28.3. The third-order valence-electron chi connectivity index (χ3n) is 6.02. The highest BCUT2D eigenvalue weighted by molar-refractivity contribution is 7.53. The molecule has 0 saturated carbocycles. The van der Waals surface area contributed by atoms with Gasteiger partial charge in [-0.3, -0.25) is 4.57 Å². The zero-order chi connectivity index (χ0) is 25.1. The van der Waals surface area contributed by atoms with Gasteiger partial charge in [-0.2, -0.15) is 0 Å². The monoisotopic (exact) mass is 488 g/mol. The number of aliphatic hydroxyl groups is 1. The number of unbranched alkanes of at least 4 members (excludes halogenated alkanes) is 13. The molecule has 33 heavy (non-hydrogen) atoms. The van der Waals surface area contributed by atoms with E-state index in [0.29, 0.717) is 10.9 Å². The molecule has 6 heteroatoms. The Bertz CT molecular complexity index is 565. The summed E-state index contributed by atoms with van der Waals surface area (Å²) >= 11 is 0. The SMILES string of the molecule is CCCCCCC/C=C\CCC/C=C\CCCCCCCCC(O)(C[N+](C)(C)C)P(=O)(O)O. The second kappa shape index (κ2) is 18.8. The number of allylic oxidation sites excluding steroid dienone is 4. The van der Waals surface area contributed by atoms with Crippen LogP contribution in [0.1, 0.15) is 116 Å². The van der Waals surface area contributed by atoms with Crippen molar-refractivity contribution in [2.75, 3.05) is 27.7 Å². The summed E-state index contributed by atoms with van der Waals surface area (Å²) in [7, 11) is 0.960. The number of likely N-dealkylation sites (N-methyl/N-ethyl adjacent to an activating group) is 1. The third kappa shape index (κ3) is 19.5. The van der Waals surface area contributed by atoms with E-state index >= 15 is 0 Å². The summed E-state index contributed by atoms with van der Waals surface area (Å²) in [4.78, 5) is 19.2.